The molecular formula is C26H52N2O. The second-order valence-electron chi connectivity index (χ2n) is 9.41. The van der Waals surface area contributed by atoms with E-state index in [1.54, 1.807) is 0 Å². The number of hydrogen-bond acceptors (Lipinski definition) is 1. The third kappa shape index (κ3) is 14.8. The van der Waals surface area contributed by atoms with Gasteiger partial charge in [0.15, 0.2) is 0 Å². The molecule has 1 saturated heterocycles. The van der Waals surface area contributed by atoms with Crippen molar-refractivity contribution >= 4 is 6.03 Å². The second kappa shape index (κ2) is 19.2. The molecule has 1 aliphatic heterocycles. The summed E-state index contributed by atoms with van der Waals surface area (Å²) in [5, 5.41) is 0. The van der Waals surface area contributed by atoms with Crippen LogP contribution in [0.1, 0.15) is 135 Å². The molecule has 1 aliphatic rings. The highest BCUT2D eigenvalue weighted by molar-refractivity contribution is 5.76. The molecule has 172 valence electrons. The summed E-state index contributed by atoms with van der Waals surface area (Å²) < 4.78 is 0. The molecule has 2 amide bonds. The van der Waals surface area contributed by atoms with Crippen LogP contribution in [0.3, 0.4) is 0 Å². The lowest BCUT2D eigenvalue weighted by atomic mass is 10.0. The predicted octanol–water partition coefficient (Wildman–Crippen LogP) is 8.18. The van der Waals surface area contributed by atoms with Gasteiger partial charge in [0.1, 0.15) is 0 Å². The molecule has 0 aromatic carbocycles. The molecule has 29 heavy (non-hydrogen) atoms. The number of likely N-dealkylation sites (N-methyl/N-ethyl adjacent to an activating group) is 1. The third-order valence-electron chi connectivity index (χ3n) is 6.58. The van der Waals surface area contributed by atoms with Gasteiger partial charge in [0.2, 0.25) is 0 Å². The Morgan fingerprint density at radius 1 is 0.552 bits per heavy atom. The van der Waals surface area contributed by atoms with Gasteiger partial charge >= 0.3 is 6.03 Å². The molecule has 0 saturated carbocycles. The molecule has 3 heteroatoms. The number of unbranched alkanes of at least 4 members (excludes halogenated alkanes) is 19. The minimum Gasteiger partial charge on any atom is -0.326 e. The van der Waals surface area contributed by atoms with E-state index in [9.17, 15) is 4.79 Å². The first kappa shape index (κ1) is 26.3. The zero-order valence-electron chi connectivity index (χ0n) is 20.1. The van der Waals surface area contributed by atoms with Crippen molar-refractivity contribution in [1.29, 1.82) is 0 Å². The zero-order valence-corrected chi connectivity index (χ0v) is 20.1. The average molecular weight is 409 g/mol. The molecule has 0 unspecified atom stereocenters. The van der Waals surface area contributed by atoms with E-state index < -0.39 is 0 Å². The monoisotopic (exact) mass is 408 g/mol. The quantitative estimate of drug-likeness (QED) is 0.176. The van der Waals surface area contributed by atoms with Crippen molar-refractivity contribution in [2.45, 2.75) is 135 Å². The summed E-state index contributed by atoms with van der Waals surface area (Å²) in [6.07, 6.45) is 28.3. The number of carbonyl (C=O) groups excluding carboxylic acids is 1. The number of carbonyl (C=O) groups is 1. The topological polar surface area (TPSA) is 23.6 Å². The summed E-state index contributed by atoms with van der Waals surface area (Å²) in [7, 11) is 1.90. The minimum absolute atomic E-state index is 0.225. The van der Waals surface area contributed by atoms with Crippen LogP contribution in [0.5, 0.6) is 0 Å². The Balaban J connectivity index is 1.68. The van der Waals surface area contributed by atoms with Crippen LogP contribution < -0.4 is 0 Å². The maximum Gasteiger partial charge on any atom is 0.319 e. The highest BCUT2D eigenvalue weighted by Gasteiger charge is 2.24. The zero-order chi connectivity index (χ0) is 21.0. The van der Waals surface area contributed by atoms with E-state index >= 15 is 0 Å². The Kier molecular flexibility index (Phi) is 17.5. The van der Waals surface area contributed by atoms with E-state index in [-0.39, 0.29) is 6.03 Å². The molecule has 0 aliphatic carbocycles. The fourth-order valence-corrected chi connectivity index (χ4v) is 4.47. The van der Waals surface area contributed by atoms with E-state index in [0.29, 0.717) is 0 Å². The highest BCUT2D eigenvalue weighted by Crippen LogP contribution is 2.15. The highest BCUT2D eigenvalue weighted by atomic mass is 16.2. The summed E-state index contributed by atoms with van der Waals surface area (Å²) in [5.74, 6) is 0. The second-order valence-corrected chi connectivity index (χ2v) is 9.41. The van der Waals surface area contributed by atoms with Crippen molar-refractivity contribution in [1.82, 2.24) is 9.80 Å². The molecule has 0 bridgehead atoms. The SMILES string of the molecule is CCCCCCCCCCCCCCCCCCCCCCN1CCN(C)C1=O. The van der Waals surface area contributed by atoms with E-state index in [4.69, 9.17) is 0 Å². The molecular weight excluding hydrogens is 356 g/mol. The number of rotatable bonds is 21. The normalized spacial score (nSPS) is 14.3. The summed E-state index contributed by atoms with van der Waals surface area (Å²) in [6, 6.07) is 0.225. The molecule has 0 N–H and O–H groups in total. The van der Waals surface area contributed by atoms with Crippen LogP contribution >= 0.6 is 0 Å². The van der Waals surface area contributed by atoms with Gasteiger partial charge in [0.25, 0.3) is 0 Å². The van der Waals surface area contributed by atoms with Gasteiger partial charge < -0.3 is 9.80 Å². The van der Waals surface area contributed by atoms with Crippen LogP contribution in [-0.2, 0) is 0 Å². The molecule has 1 heterocycles. The van der Waals surface area contributed by atoms with Gasteiger partial charge in [-0.3, -0.25) is 0 Å². The fourth-order valence-electron chi connectivity index (χ4n) is 4.47. The first-order valence-corrected chi connectivity index (χ1v) is 13.3. The molecule has 0 atom stereocenters. The van der Waals surface area contributed by atoms with Gasteiger partial charge in [0.05, 0.1) is 0 Å². The predicted molar refractivity (Wildman–Crippen MR) is 128 cm³/mol. The average Bonchev–Trinajstić information content (AvgIpc) is 3.04. The number of amides is 2. The first-order chi connectivity index (χ1) is 14.3. The van der Waals surface area contributed by atoms with E-state index in [1.807, 2.05) is 16.8 Å². The largest absolute Gasteiger partial charge is 0.326 e. The summed E-state index contributed by atoms with van der Waals surface area (Å²) in [4.78, 5) is 15.6. The first-order valence-electron chi connectivity index (χ1n) is 13.3. The van der Waals surface area contributed by atoms with Gasteiger partial charge in [-0.05, 0) is 6.42 Å². The fraction of sp³-hybridized carbons (Fsp3) is 0.962. The molecule has 0 radical (unpaired) electrons. The van der Waals surface area contributed by atoms with Crippen molar-refractivity contribution < 1.29 is 4.79 Å². The number of hydrogen-bond donors (Lipinski definition) is 0. The van der Waals surface area contributed by atoms with Gasteiger partial charge in [-0.25, -0.2) is 4.79 Å². The van der Waals surface area contributed by atoms with Gasteiger partial charge in [-0.2, -0.15) is 0 Å². The lowest BCUT2D eigenvalue weighted by Crippen LogP contribution is -2.30. The Morgan fingerprint density at radius 3 is 1.21 bits per heavy atom. The molecule has 0 aromatic rings. The number of urea groups is 1. The molecule has 3 nitrogen and oxygen atoms in total. The van der Waals surface area contributed by atoms with E-state index in [2.05, 4.69) is 6.92 Å². The summed E-state index contributed by atoms with van der Waals surface area (Å²) >= 11 is 0. The minimum atomic E-state index is 0.225. The lowest BCUT2D eigenvalue weighted by molar-refractivity contribution is 0.198. The van der Waals surface area contributed by atoms with E-state index in [1.165, 1.54) is 128 Å². The van der Waals surface area contributed by atoms with Crippen LogP contribution in [0.2, 0.25) is 0 Å². The van der Waals surface area contributed by atoms with Crippen molar-refractivity contribution in [3.05, 3.63) is 0 Å². The molecule has 1 rings (SSSR count). The Labute approximate surface area is 183 Å². The van der Waals surface area contributed by atoms with Crippen molar-refractivity contribution in [2.24, 2.45) is 0 Å². The standard InChI is InChI=1S/C26H52N2O/c1-3-4-5-6-7-8-9-10-11-12-13-14-15-16-17-18-19-20-21-22-23-28-25-24-27(2)26(28)29/h3-25H2,1-2H3. The van der Waals surface area contributed by atoms with Crippen molar-refractivity contribution in [2.75, 3.05) is 26.7 Å². The van der Waals surface area contributed by atoms with Crippen LogP contribution in [0.25, 0.3) is 0 Å². The van der Waals surface area contributed by atoms with Gasteiger partial charge in [-0.15, -0.1) is 0 Å². The third-order valence-corrected chi connectivity index (χ3v) is 6.58. The summed E-state index contributed by atoms with van der Waals surface area (Å²) in [5.41, 5.74) is 0. The maximum atomic E-state index is 11.8. The Bertz CT molecular complexity index is 372. The number of nitrogens with zero attached hydrogens (tertiary/aromatic N) is 2. The van der Waals surface area contributed by atoms with E-state index in [0.717, 1.165) is 19.6 Å². The summed E-state index contributed by atoms with van der Waals surface area (Å²) in [6.45, 7) is 5.08. The van der Waals surface area contributed by atoms with Crippen LogP contribution in [0.4, 0.5) is 4.79 Å². The van der Waals surface area contributed by atoms with Gasteiger partial charge in [0, 0.05) is 26.7 Å². The lowest BCUT2D eigenvalue weighted by Gasteiger charge is -2.15. The van der Waals surface area contributed by atoms with Gasteiger partial charge in [-0.1, -0.05) is 129 Å². The maximum absolute atomic E-state index is 11.8. The molecule has 1 fully saturated rings. The Morgan fingerprint density at radius 2 is 0.897 bits per heavy atom. The molecule has 0 spiro atoms. The van der Waals surface area contributed by atoms with Crippen LogP contribution in [-0.4, -0.2) is 42.5 Å². The van der Waals surface area contributed by atoms with Crippen molar-refractivity contribution in [3.8, 4) is 0 Å². The Hall–Kier alpha value is -0.730. The molecule has 0 aromatic heterocycles. The smallest absolute Gasteiger partial charge is 0.319 e. The van der Waals surface area contributed by atoms with Crippen LogP contribution in [0.15, 0.2) is 0 Å². The van der Waals surface area contributed by atoms with Crippen molar-refractivity contribution in [3.63, 3.8) is 0 Å². The van der Waals surface area contributed by atoms with Crippen LogP contribution in [0, 0.1) is 0 Å².